The maximum absolute atomic E-state index is 12.9. The molecule has 2 saturated heterocycles. The van der Waals surface area contributed by atoms with Gasteiger partial charge < -0.3 is 10.2 Å². The first-order valence-corrected chi connectivity index (χ1v) is 10.4. The number of benzene rings is 1. The maximum Gasteiger partial charge on any atom is 0.243 e. The van der Waals surface area contributed by atoms with E-state index >= 15 is 0 Å². The molecule has 7 heteroatoms. The third kappa shape index (κ3) is 4.04. The summed E-state index contributed by atoms with van der Waals surface area (Å²) in [6.45, 7) is 6.95. The van der Waals surface area contributed by atoms with E-state index in [1.807, 2.05) is 24.0 Å². The summed E-state index contributed by atoms with van der Waals surface area (Å²) in [5.74, 6) is -0.142. The van der Waals surface area contributed by atoms with Crippen molar-refractivity contribution in [2.45, 2.75) is 37.6 Å². The third-order valence-electron chi connectivity index (χ3n) is 5.07. The Morgan fingerprint density at radius 2 is 1.88 bits per heavy atom. The summed E-state index contributed by atoms with van der Waals surface area (Å²) in [5, 5.41) is 3.33. The average molecular weight is 365 g/mol. The van der Waals surface area contributed by atoms with Crippen molar-refractivity contribution in [1.29, 1.82) is 0 Å². The van der Waals surface area contributed by atoms with Gasteiger partial charge in [0.15, 0.2) is 0 Å². The second kappa shape index (κ2) is 7.43. The number of nitrogens with zero attached hydrogens (tertiary/aromatic N) is 2. The third-order valence-corrected chi connectivity index (χ3v) is 6.95. The normalized spacial score (nSPS) is 25.8. The summed E-state index contributed by atoms with van der Waals surface area (Å²) >= 11 is 0. The minimum Gasteiger partial charge on any atom is -0.340 e. The number of hydrogen-bond acceptors (Lipinski definition) is 4. The highest BCUT2D eigenvalue weighted by Crippen LogP contribution is 2.25. The molecule has 0 radical (unpaired) electrons. The number of nitrogens with one attached hydrogen (secondary N) is 1. The summed E-state index contributed by atoms with van der Waals surface area (Å²) in [5.41, 5.74) is 1.03. The standard InChI is InChI=1S/C18H27N3O3S/c1-14-5-7-17(8-6-14)25(23,24)21-10-3-4-16(13-21)18(22)20-11-9-19-15(2)12-20/h5-8,15-16,19H,3-4,9-13H2,1-2H3. The van der Waals surface area contributed by atoms with E-state index in [1.54, 1.807) is 12.1 Å². The van der Waals surface area contributed by atoms with Crippen LogP contribution in [0.15, 0.2) is 29.2 Å². The summed E-state index contributed by atoms with van der Waals surface area (Å²) in [6.07, 6.45) is 1.49. The zero-order valence-electron chi connectivity index (χ0n) is 14.9. The van der Waals surface area contributed by atoms with Gasteiger partial charge in [-0.3, -0.25) is 4.79 Å². The molecule has 1 N–H and O–H groups in total. The molecular formula is C18H27N3O3S. The molecule has 3 rings (SSSR count). The molecule has 2 heterocycles. The number of carbonyl (C=O) groups excluding carboxylic acids is 1. The summed E-state index contributed by atoms with van der Waals surface area (Å²) in [4.78, 5) is 15.0. The van der Waals surface area contributed by atoms with Crippen molar-refractivity contribution < 1.29 is 13.2 Å². The lowest BCUT2D eigenvalue weighted by molar-refractivity contribution is -0.137. The van der Waals surface area contributed by atoms with Crippen molar-refractivity contribution in [2.75, 3.05) is 32.7 Å². The van der Waals surface area contributed by atoms with Crippen LogP contribution in [0.4, 0.5) is 0 Å². The molecule has 1 aromatic carbocycles. The van der Waals surface area contributed by atoms with Crippen LogP contribution >= 0.6 is 0 Å². The van der Waals surface area contributed by atoms with Gasteiger partial charge in [0.2, 0.25) is 15.9 Å². The Bertz CT molecular complexity index is 718. The number of hydrogen-bond donors (Lipinski definition) is 1. The number of piperazine rings is 1. The second-order valence-corrected chi connectivity index (χ2v) is 9.09. The van der Waals surface area contributed by atoms with Gasteiger partial charge in [-0.25, -0.2) is 8.42 Å². The van der Waals surface area contributed by atoms with Gasteiger partial charge in [0.1, 0.15) is 0 Å². The van der Waals surface area contributed by atoms with Gasteiger partial charge in [0.05, 0.1) is 10.8 Å². The molecule has 25 heavy (non-hydrogen) atoms. The van der Waals surface area contributed by atoms with Crippen LogP contribution in [0.3, 0.4) is 0 Å². The molecular weight excluding hydrogens is 338 g/mol. The van der Waals surface area contributed by atoms with Gasteiger partial charge in [-0.15, -0.1) is 0 Å². The van der Waals surface area contributed by atoms with E-state index in [0.29, 0.717) is 24.5 Å². The number of aryl methyl sites for hydroxylation is 1. The minimum absolute atomic E-state index is 0.0946. The Labute approximate surface area is 150 Å². The van der Waals surface area contributed by atoms with E-state index in [0.717, 1.165) is 24.9 Å². The van der Waals surface area contributed by atoms with Crippen molar-refractivity contribution in [3.05, 3.63) is 29.8 Å². The molecule has 6 nitrogen and oxygen atoms in total. The van der Waals surface area contributed by atoms with Crippen LogP contribution in [-0.4, -0.2) is 62.3 Å². The molecule has 2 atom stereocenters. The number of sulfonamides is 1. The molecule has 2 aliphatic heterocycles. The van der Waals surface area contributed by atoms with Crippen LogP contribution < -0.4 is 5.32 Å². The Balaban J connectivity index is 1.72. The fourth-order valence-electron chi connectivity index (χ4n) is 3.61. The van der Waals surface area contributed by atoms with E-state index in [9.17, 15) is 13.2 Å². The lowest BCUT2D eigenvalue weighted by Gasteiger charge is -2.37. The van der Waals surface area contributed by atoms with Crippen LogP contribution in [0, 0.1) is 12.8 Å². The molecule has 0 spiro atoms. The molecule has 0 saturated carbocycles. The Kier molecular flexibility index (Phi) is 5.46. The van der Waals surface area contributed by atoms with Crippen molar-refractivity contribution in [3.63, 3.8) is 0 Å². The SMILES string of the molecule is Cc1ccc(S(=O)(=O)N2CCCC(C(=O)N3CCNC(C)C3)C2)cc1. The maximum atomic E-state index is 12.9. The predicted molar refractivity (Wildman–Crippen MR) is 96.7 cm³/mol. The molecule has 2 aliphatic rings. The van der Waals surface area contributed by atoms with E-state index in [1.165, 1.54) is 4.31 Å². The molecule has 2 unspecified atom stereocenters. The van der Waals surface area contributed by atoms with Gasteiger partial charge in [-0.05, 0) is 38.8 Å². The van der Waals surface area contributed by atoms with Gasteiger partial charge in [0.25, 0.3) is 0 Å². The molecule has 2 fully saturated rings. The van der Waals surface area contributed by atoms with Crippen LogP contribution in [-0.2, 0) is 14.8 Å². The van der Waals surface area contributed by atoms with Gasteiger partial charge in [-0.2, -0.15) is 4.31 Å². The first-order chi connectivity index (χ1) is 11.9. The zero-order valence-corrected chi connectivity index (χ0v) is 15.8. The van der Waals surface area contributed by atoms with Gasteiger partial charge in [0, 0.05) is 38.8 Å². The van der Waals surface area contributed by atoms with Crippen molar-refractivity contribution in [3.8, 4) is 0 Å². The van der Waals surface area contributed by atoms with E-state index in [4.69, 9.17) is 0 Å². The fraction of sp³-hybridized carbons (Fsp3) is 0.611. The van der Waals surface area contributed by atoms with Gasteiger partial charge in [-0.1, -0.05) is 17.7 Å². The topological polar surface area (TPSA) is 69.7 Å². The monoisotopic (exact) mass is 365 g/mol. The van der Waals surface area contributed by atoms with Crippen LogP contribution in [0.5, 0.6) is 0 Å². The van der Waals surface area contributed by atoms with E-state index < -0.39 is 10.0 Å². The molecule has 0 aromatic heterocycles. The summed E-state index contributed by atoms with van der Waals surface area (Å²) in [6, 6.07) is 7.19. The molecule has 0 bridgehead atoms. The Morgan fingerprint density at radius 3 is 2.56 bits per heavy atom. The molecule has 1 amide bonds. The number of rotatable bonds is 3. The smallest absolute Gasteiger partial charge is 0.243 e. The minimum atomic E-state index is -3.54. The summed E-state index contributed by atoms with van der Waals surface area (Å²) < 4.78 is 27.3. The lowest BCUT2D eigenvalue weighted by Crippen LogP contribution is -2.54. The average Bonchev–Trinajstić information content (AvgIpc) is 2.61. The van der Waals surface area contributed by atoms with Crippen LogP contribution in [0.25, 0.3) is 0 Å². The zero-order chi connectivity index (χ0) is 18.0. The van der Waals surface area contributed by atoms with E-state index in [2.05, 4.69) is 12.2 Å². The number of piperidine rings is 1. The van der Waals surface area contributed by atoms with Crippen molar-refractivity contribution in [2.24, 2.45) is 5.92 Å². The Hall–Kier alpha value is -1.44. The molecule has 1 aromatic rings. The highest BCUT2D eigenvalue weighted by molar-refractivity contribution is 7.89. The lowest BCUT2D eigenvalue weighted by atomic mass is 9.97. The highest BCUT2D eigenvalue weighted by atomic mass is 32.2. The van der Waals surface area contributed by atoms with Crippen molar-refractivity contribution in [1.82, 2.24) is 14.5 Å². The van der Waals surface area contributed by atoms with Crippen LogP contribution in [0.2, 0.25) is 0 Å². The summed E-state index contributed by atoms with van der Waals surface area (Å²) in [7, 11) is -3.54. The quantitative estimate of drug-likeness (QED) is 0.874. The molecule has 0 aliphatic carbocycles. The highest BCUT2D eigenvalue weighted by Gasteiger charge is 2.35. The number of amides is 1. The van der Waals surface area contributed by atoms with Crippen molar-refractivity contribution >= 4 is 15.9 Å². The molecule has 138 valence electrons. The first kappa shape index (κ1) is 18.4. The number of carbonyl (C=O) groups is 1. The van der Waals surface area contributed by atoms with Crippen LogP contribution in [0.1, 0.15) is 25.3 Å². The van der Waals surface area contributed by atoms with E-state index in [-0.39, 0.29) is 24.4 Å². The first-order valence-electron chi connectivity index (χ1n) is 8.97. The largest absolute Gasteiger partial charge is 0.340 e. The predicted octanol–water partition coefficient (Wildman–Crippen LogP) is 1.22. The Morgan fingerprint density at radius 1 is 1.16 bits per heavy atom. The second-order valence-electron chi connectivity index (χ2n) is 7.15. The fourth-order valence-corrected chi connectivity index (χ4v) is 5.14. The van der Waals surface area contributed by atoms with Gasteiger partial charge >= 0.3 is 0 Å².